The third-order valence-electron chi connectivity index (χ3n) is 5.38. The van der Waals surface area contributed by atoms with Gasteiger partial charge in [-0.25, -0.2) is 9.69 Å². The summed E-state index contributed by atoms with van der Waals surface area (Å²) in [5.74, 6) is -1.80. The zero-order chi connectivity index (χ0) is 18.3. The molecule has 132 valence electrons. The van der Waals surface area contributed by atoms with Gasteiger partial charge >= 0.3 is 6.09 Å². The van der Waals surface area contributed by atoms with E-state index in [9.17, 15) is 14.4 Å². The number of nitrogens with zero attached hydrogens (tertiary/aromatic N) is 1. The van der Waals surface area contributed by atoms with Crippen LogP contribution in [-0.4, -0.2) is 35.3 Å². The lowest BCUT2D eigenvalue weighted by Gasteiger charge is -2.28. The summed E-state index contributed by atoms with van der Waals surface area (Å²) in [6.07, 6.45) is -0.648. The Bertz CT molecular complexity index is 750. The number of carbonyl (C=O) groups is 3. The molecular formula is C20H23NO4. The lowest BCUT2D eigenvalue weighted by Crippen LogP contribution is -2.47. The molecule has 0 saturated carbocycles. The number of ether oxygens (including phenoxy) is 1. The summed E-state index contributed by atoms with van der Waals surface area (Å²) >= 11 is 0. The number of imide groups is 1. The van der Waals surface area contributed by atoms with Crippen molar-refractivity contribution in [2.45, 2.75) is 39.7 Å². The zero-order valence-corrected chi connectivity index (χ0v) is 15.0. The minimum absolute atomic E-state index is 0.0669. The minimum atomic E-state index is -0.894. The highest BCUT2D eigenvalue weighted by molar-refractivity contribution is 6.16. The Morgan fingerprint density at radius 2 is 1.80 bits per heavy atom. The summed E-state index contributed by atoms with van der Waals surface area (Å²) < 4.78 is 5.09. The SMILES string of the molecule is CC1=C(C)[C@@H](c2ccccc2)[C@@H](C(=O)N2C(=O)OC[C@@H]2C(C)C)C1=O. The number of carbonyl (C=O) groups excluding carboxylic acids is 3. The Kier molecular flexibility index (Phi) is 4.50. The minimum Gasteiger partial charge on any atom is -0.447 e. The van der Waals surface area contributed by atoms with Crippen molar-refractivity contribution in [3.63, 3.8) is 0 Å². The maximum absolute atomic E-state index is 13.2. The number of allylic oxidation sites excluding steroid dienone is 2. The lowest BCUT2D eigenvalue weighted by atomic mass is 9.83. The van der Waals surface area contributed by atoms with Crippen molar-refractivity contribution >= 4 is 17.8 Å². The van der Waals surface area contributed by atoms with Crippen molar-refractivity contribution in [3.05, 3.63) is 47.0 Å². The van der Waals surface area contributed by atoms with Crippen LogP contribution in [-0.2, 0) is 14.3 Å². The van der Waals surface area contributed by atoms with Gasteiger partial charge in [-0.05, 0) is 30.9 Å². The Hall–Kier alpha value is -2.43. The molecule has 0 bridgehead atoms. The van der Waals surface area contributed by atoms with E-state index in [1.54, 1.807) is 6.92 Å². The molecule has 0 radical (unpaired) electrons. The summed E-state index contributed by atoms with van der Waals surface area (Å²) in [5.41, 5.74) is 2.42. The average molecular weight is 341 g/mol. The highest BCUT2D eigenvalue weighted by atomic mass is 16.6. The third-order valence-corrected chi connectivity index (χ3v) is 5.38. The standard InChI is InChI=1S/C20H23NO4/c1-11(2)15-10-25-20(24)21(15)19(23)17-16(12(3)13(4)18(17)22)14-8-6-5-7-9-14/h5-9,11,15-17H,10H2,1-4H3/t15-,16+,17-/m1/s1. The van der Waals surface area contributed by atoms with Crippen LogP contribution in [0, 0.1) is 11.8 Å². The molecule has 1 aromatic rings. The normalized spacial score (nSPS) is 26.6. The van der Waals surface area contributed by atoms with Gasteiger partial charge in [0, 0.05) is 5.92 Å². The fourth-order valence-electron chi connectivity index (χ4n) is 3.75. The summed E-state index contributed by atoms with van der Waals surface area (Å²) in [6, 6.07) is 9.19. The van der Waals surface area contributed by atoms with E-state index in [0.29, 0.717) is 5.57 Å². The summed E-state index contributed by atoms with van der Waals surface area (Å²) in [7, 11) is 0. The number of hydrogen-bond acceptors (Lipinski definition) is 4. The first-order valence-corrected chi connectivity index (χ1v) is 8.61. The van der Waals surface area contributed by atoms with E-state index in [1.165, 1.54) is 0 Å². The Morgan fingerprint density at radius 3 is 2.40 bits per heavy atom. The first-order valence-electron chi connectivity index (χ1n) is 8.61. The van der Waals surface area contributed by atoms with Gasteiger partial charge in [0.25, 0.3) is 0 Å². The summed E-state index contributed by atoms with van der Waals surface area (Å²) in [5, 5.41) is 0. The fraction of sp³-hybridized carbons (Fsp3) is 0.450. The number of ketones is 1. The van der Waals surface area contributed by atoms with Crippen molar-refractivity contribution in [2.75, 3.05) is 6.61 Å². The lowest BCUT2D eigenvalue weighted by molar-refractivity contribution is -0.138. The highest BCUT2D eigenvalue weighted by Crippen LogP contribution is 2.43. The zero-order valence-electron chi connectivity index (χ0n) is 15.0. The number of benzene rings is 1. The van der Waals surface area contributed by atoms with Gasteiger partial charge in [-0.2, -0.15) is 0 Å². The first kappa shape index (κ1) is 17.4. The summed E-state index contributed by atoms with van der Waals surface area (Å²) in [4.78, 5) is 39.4. The van der Waals surface area contributed by atoms with Crippen molar-refractivity contribution in [1.29, 1.82) is 0 Å². The molecule has 2 amide bonds. The van der Waals surface area contributed by atoms with Crippen LogP contribution in [0.15, 0.2) is 41.5 Å². The molecule has 3 atom stereocenters. The van der Waals surface area contributed by atoms with Crippen LogP contribution in [0.5, 0.6) is 0 Å². The number of hydrogen-bond donors (Lipinski definition) is 0. The molecular weight excluding hydrogens is 318 g/mol. The Labute approximate surface area is 147 Å². The molecule has 25 heavy (non-hydrogen) atoms. The first-order chi connectivity index (χ1) is 11.8. The molecule has 1 aliphatic heterocycles. The van der Waals surface area contributed by atoms with E-state index in [0.717, 1.165) is 16.0 Å². The molecule has 0 N–H and O–H groups in total. The monoisotopic (exact) mass is 341 g/mol. The quantitative estimate of drug-likeness (QED) is 0.791. The maximum Gasteiger partial charge on any atom is 0.417 e. The van der Waals surface area contributed by atoms with Gasteiger partial charge in [0.15, 0.2) is 5.78 Å². The number of rotatable bonds is 3. The number of Topliss-reactive ketones (excluding diaryl/α,β-unsaturated/α-hetero) is 1. The van der Waals surface area contributed by atoms with E-state index in [1.807, 2.05) is 51.1 Å². The van der Waals surface area contributed by atoms with Gasteiger partial charge in [0.05, 0.1) is 6.04 Å². The molecule has 2 aliphatic rings. The van der Waals surface area contributed by atoms with Gasteiger partial charge in [-0.15, -0.1) is 0 Å². The van der Waals surface area contributed by atoms with E-state index in [4.69, 9.17) is 4.74 Å². The molecule has 1 heterocycles. The topological polar surface area (TPSA) is 63.7 Å². The second kappa shape index (κ2) is 6.47. The second-order valence-corrected chi connectivity index (χ2v) is 7.13. The molecule has 1 aliphatic carbocycles. The number of cyclic esters (lactones) is 1. The van der Waals surface area contributed by atoms with Crippen LogP contribution in [0.4, 0.5) is 4.79 Å². The molecule has 1 aromatic carbocycles. The van der Waals surface area contributed by atoms with Gasteiger partial charge in [0.1, 0.15) is 12.5 Å². The van der Waals surface area contributed by atoms with E-state index < -0.39 is 17.9 Å². The largest absolute Gasteiger partial charge is 0.447 e. The van der Waals surface area contributed by atoms with Crippen LogP contribution in [0.25, 0.3) is 0 Å². The summed E-state index contributed by atoms with van der Waals surface area (Å²) in [6.45, 7) is 7.70. The van der Waals surface area contributed by atoms with Crippen LogP contribution in [0.3, 0.4) is 0 Å². The average Bonchev–Trinajstić information content (AvgIpc) is 3.08. The molecule has 1 fully saturated rings. The van der Waals surface area contributed by atoms with Crippen molar-refractivity contribution in [3.8, 4) is 0 Å². The molecule has 0 spiro atoms. The van der Waals surface area contributed by atoms with Crippen molar-refractivity contribution < 1.29 is 19.1 Å². The van der Waals surface area contributed by atoms with Crippen LogP contribution >= 0.6 is 0 Å². The molecule has 1 saturated heterocycles. The molecule has 5 nitrogen and oxygen atoms in total. The van der Waals surface area contributed by atoms with Crippen LogP contribution in [0.1, 0.15) is 39.2 Å². The van der Waals surface area contributed by atoms with Gasteiger partial charge in [-0.3, -0.25) is 9.59 Å². The predicted molar refractivity (Wildman–Crippen MR) is 92.9 cm³/mol. The predicted octanol–water partition coefficient (Wildman–Crippen LogP) is 3.31. The van der Waals surface area contributed by atoms with Gasteiger partial charge < -0.3 is 4.74 Å². The van der Waals surface area contributed by atoms with Crippen molar-refractivity contribution in [1.82, 2.24) is 4.90 Å². The van der Waals surface area contributed by atoms with E-state index in [-0.39, 0.29) is 30.3 Å². The van der Waals surface area contributed by atoms with E-state index in [2.05, 4.69) is 0 Å². The Balaban J connectivity index is 2.01. The Morgan fingerprint density at radius 1 is 1.16 bits per heavy atom. The molecule has 5 heteroatoms. The maximum atomic E-state index is 13.2. The fourth-order valence-corrected chi connectivity index (χ4v) is 3.75. The van der Waals surface area contributed by atoms with Gasteiger partial charge in [-0.1, -0.05) is 49.8 Å². The van der Waals surface area contributed by atoms with Crippen LogP contribution in [0.2, 0.25) is 0 Å². The highest BCUT2D eigenvalue weighted by Gasteiger charge is 2.50. The molecule has 0 unspecified atom stereocenters. The number of amides is 2. The van der Waals surface area contributed by atoms with E-state index >= 15 is 0 Å². The molecule has 3 rings (SSSR count). The second-order valence-electron chi connectivity index (χ2n) is 7.13. The van der Waals surface area contributed by atoms with Crippen molar-refractivity contribution in [2.24, 2.45) is 11.8 Å². The molecule has 0 aromatic heterocycles. The van der Waals surface area contributed by atoms with Crippen LogP contribution < -0.4 is 0 Å². The third kappa shape index (κ3) is 2.77. The van der Waals surface area contributed by atoms with Gasteiger partial charge in [0.2, 0.25) is 5.91 Å². The smallest absolute Gasteiger partial charge is 0.417 e.